The highest BCUT2D eigenvalue weighted by Gasteiger charge is 2.23. The number of nitrogens with one attached hydrogen (secondary N) is 2. The van der Waals surface area contributed by atoms with Gasteiger partial charge in [-0.05, 0) is 25.5 Å². The Bertz CT molecular complexity index is 464. The monoisotopic (exact) mass is 278 g/mol. The number of aryl methyl sites for hydroxylation is 1. The van der Waals surface area contributed by atoms with Crippen LogP contribution in [0.1, 0.15) is 12.5 Å². The number of likely N-dealkylation sites (N-methyl/N-ethyl adjacent to an activating group) is 1. The molecule has 6 nitrogen and oxygen atoms in total. The van der Waals surface area contributed by atoms with E-state index in [0.29, 0.717) is 6.41 Å². The lowest BCUT2D eigenvalue weighted by atomic mass is 10.2. The van der Waals surface area contributed by atoms with E-state index in [4.69, 9.17) is 5.73 Å². The van der Waals surface area contributed by atoms with Crippen LogP contribution in [0.2, 0.25) is 0 Å². The summed E-state index contributed by atoms with van der Waals surface area (Å²) in [6.45, 7) is 3.94. The first-order chi connectivity index (χ1) is 9.51. The van der Waals surface area contributed by atoms with Crippen LogP contribution >= 0.6 is 0 Å². The quantitative estimate of drug-likeness (QED) is 0.494. The number of benzene rings is 1. The van der Waals surface area contributed by atoms with E-state index in [1.165, 1.54) is 4.90 Å². The topological polar surface area (TPSA) is 87.5 Å². The van der Waals surface area contributed by atoms with E-state index < -0.39 is 6.04 Å². The molecule has 0 heterocycles. The van der Waals surface area contributed by atoms with Crippen molar-refractivity contribution in [2.75, 3.05) is 18.9 Å². The largest absolute Gasteiger partial charge is 0.365 e. The molecule has 0 aromatic heterocycles. The van der Waals surface area contributed by atoms with Gasteiger partial charge in [0.25, 0.3) is 0 Å². The van der Waals surface area contributed by atoms with Crippen molar-refractivity contribution in [1.29, 1.82) is 0 Å². The van der Waals surface area contributed by atoms with Gasteiger partial charge in [-0.1, -0.05) is 18.2 Å². The fraction of sp³-hybridized carbons (Fsp3) is 0.429. The molecular formula is C14H22N4O2. The molecule has 0 saturated carbocycles. The van der Waals surface area contributed by atoms with E-state index in [0.717, 1.165) is 11.3 Å². The van der Waals surface area contributed by atoms with E-state index >= 15 is 0 Å². The molecule has 4 N–H and O–H groups in total. The molecule has 0 aliphatic carbocycles. The van der Waals surface area contributed by atoms with Crippen molar-refractivity contribution in [3.63, 3.8) is 0 Å². The van der Waals surface area contributed by atoms with Crippen LogP contribution in [0.25, 0.3) is 0 Å². The zero-order valence-corrected chi connectivity index (χ0v) is 12.1. The molecule has 0 spiro atoms. The van der Waals surface area contributed by atoms with Crippen molar-refractivity contribution in [2.24, 2.45) is 5.73 Å². The van der Waals surface area contributed by atoms with Crippen LogP contribution < -0.4 is 16.4 Å². The molecule has 2 atom stereocenters. The maximum Gasteiger partial charge on any atom is 0.247 e. The van der Waals surface area contributed by atoms with E-state index in [-0.39, 0.29) is 18.6 Å². The molecule has 20 heavy (non-hydrogen) atoms. The number of anilines is 1. The Morgan fingerprint density at radius 2 is 2.10 bits per heavy atom. The lowest BCUT2D eigenvalue weighted by molar-refractivity contribution is -0.134. The standard InChI is InChI=1S/C14H22N4O2/c1-10-6-4-5-7-12(10)17-11(2)18(3)14(20)13(8-15)16-9-19/h4-7,9,11,13,17H,8,15H2,1-3H3,(H,16,19)/t11?,13-/m0/s1. The summed E-state index contributed by atoms with van der Waals surface area (Å²) in [4.78, 5) is 24.1. The summed E-state index contributed by atoms with van der Waals surface area (Å²) < 4.78 is 0. The van der Waals surface area contributed by atoms with Crippen LogP contribution in [-0.4, -0.2) is 43.0 Å². The molecule has 110 valence electrons. The van der Waals surface area contributed by atoms with Crippen molar-refractivity contribution in [1.82, 2.24) is 10.2 Å². The molecule has 0 saturated heterocycles. The molecule has 0 aliphatic rings. The lowest BCUT2D eigenvalue weighted by Gasteiger charge is -2.30. The highest BCUT2D eigenvalue weighted by molar-refractivity contribution is 5.84. The molecular weight excluding hydrogens is 256 g/mol. The van der Waals surface area contributed by atoms with Crippen molar-refractivity contribution >= 4 is 18.0 Å². The molecule has 0 bridgehead atoms. The maximum atomic E-state index is 12.2. The lowest BCUT2D eigenvalue weighted by Crippen LogP contribution is -2.52. The van der Waals surface area contributed by atoms with Gasteiger partial charge < -0.3 is 21.3 Å². The third kappa shape index (κ3) is 3.96. The minimum absolute atomic E-state index is 0.0685. The number of nitrogens with two attached hydrogens (primary N) is 1. The number of para-hydroxylation sites is 1. The van der Waals surface area contributed by atoms with Gasteiger partial charge in [0.05, 0.1) is 6.17 Å². The summed E-state index contributed by atoms with van der Waals surface area (Å²) in [5.74, 6) is -0.229. The summed E-state index contributed by atoms with van der Waals surface area (Å²) in [5, 5.41) is 5.68. The van der Waals surface area contributed by atoms with Crippen molar-refractivity contribution in [2.45, 2.75) is 26.1 Å². The second-order valence-electron chi connectivity index (χ2n) is 4.66. The number of hydrogen-bond acceptors (Lipinski definition) is 4. The smallest absolute Gasteiger partial charge is 0.247 e. The highest BCUT2D eigenvalue weighted by Crippen LogP contribution is 2.15. The molecule has 1 rings (SSSR count). The normalized spacial score (nSPS) is 13.2. The van der Waals surface area contributed by atoms with Crippen LogP contribution in [0.3, 0.4) is 0 Å². The van der Waals surface area contributed by atoms with Crippen LogP contribution in [0.5, 0.6) is 0 Å². The summed E-state index contributed by atoms with van der Waals surface area (Å²) in [5.41, 5.74) is 7.55. The Morgan fingerprint density at radius 1 is 1.45 bits per heavy atom. The van der Waals surface area contributed by atoms with E-state index in [9.17, 15) is 9.59 Å². The van der Waals surface area contributed by atoms with Gasteiger partial charge >= 0.3 is 0 Å². The minimum atomic E-state index is -0.696. The van der Waals surface area contributed by atoms with E-state index in [1.807, 2.05) is 38.1 Å². The Kier molecular flexibility index (Phi) is 5.99. The van der Waals surface area contributed by atoms with Gasteiger partial charge in [0, 0.05) is 19.3 Å². The van der Waals surface area contributed by atoms with Crippen molar-refractivity contribution in [3.05, 3.63) is 29.8 Å². The SMILES string of the molecule is Cc1ccccc1NC(C)N(C)C(=O)[C@H](CN)NC=O. The number of nitrogens with zero attached hydrogens (tertiary/aromatic N) is 1. The van der Waals surface area contributed by atoms with Gasteiger partial charge in [0.15, 0.2) is 0 Å². The molecule has 1 aromatic carbocycles. The summed E-state index contributed by atoms with van der Waals surface area (Å²) in [7, 11) is 1.67. The first-order valence-corrected chi connectivity index (χ1v) is 6.49. The molecule has 0 fully saturated rings. The van der Waals surface area contributed by atoms with E-state index in [2.05, 4.69) is 10.6 Å². The summed E-state index contributed by atoms with van der Waals surface area (Å²) in [6, 6.07) is 7.14. The first-order valence-electron chi connectivity index (χ1n) is 6.49. The summed E-state index contributed by atoms with van der Waals surface area (Å²) >= 11 is 0. The second-order valence-corrected chi connectivity index (χ2v) is 4.66. The van der Waals surface area contributed by atoms with Gasteiger partial charge in [-0.25, -0.2) is 0 Å². The maximum absolute atomic E-state index is 12.2. The number of amides is 2. The zero-order valence-electron chi connectivity index (χ0n) is 12.1. The van der Waals surface area contributed by atoms with Crippen LogP contribution in [0.15, 0.2) is 24.3 Å². The summed E-state index contributed by atoms with van der Waals surface area (Å²) in [6.07, 6.45) is 0.272. The zero-order chi connectivity index (χ0) is 15.1. The Balaban J connectivity index is 2.71. The Labute approximate surface area is 119 Å². The highest BCUT2D eigenvalue weighted by atomic mass is 16.2. The Hall–Kier alpha value is -2.08. The predicted molar refractivity (Wildman–Crippen MR) is 79.1 cm³/mol. The molecule has 2 amide bonds. The fourth-order valence-corrected chi connectivity index (χ4v) is 1.82. The predicted octanol–water partition coefficient (Wildman–Crippen LogP) is 0.285. The van der Waals surface area contributed by atoms with Gasteiger partial charge in [0.2, 0.25) is 12.3 Å². The third-order valence-corrected chi connectivity index (χ3v) is 3.24. The fourth-order valence-electron chi connectivity index (χ4n) is 1.82. The third-order valence-electron chi connectivity index (χ3n) is 3.24. The molecule has 1 unspecified atom stereocenters. The number of rotatable bonds is 7. The van der Waals surface area contributed by atoms with Crippen molar-refractivity contribution in [3.8, 4) is 0 Å². The molecule has 0 aliphatic heterocycles. The van der Waals surface area contributed by atoms with E-state index in [1.54, 1.807) is 7.05 Å². The van der Waals surface area contributed by atoms with Crippen molar-refractivity contribution < 1.29 is 9.59 Å². The minimum Gasteiger partial charge on any atom is -0.365 e. The second kappa shape index (κ2) is 7.49. The molecule has 6 heteroatoms. The molecule has 1 aromatic rings. The average molecular weight is 278 g/mol. The van der Waals surface area contributed by atoms with Crippen LogP contribution in [0, 0.1) is 6.92 Å². The van der Waals surface area contributed by atoms with Gasteiger partial charge in [-0.15, -0.1) is 0 Å². The van der Waals surface area contributed by atoms with Crippen LogP contribution in [0.4, 0.5) is 5.69 Å². The molecule has 0 radical (unpaired) electrons. The van der Waals surface area contributed by atoms with Gasteiger partial charge in [-0.2, -0.15) is 0 Å². The Morgan fingerprint density at radius 3 is 2.65 bits per heavy atom. The van der Waals surface area contributed by atoms with Gasteiger partial charge in [0.1, 0.15) is 6.04 Å². The number of carbonyl (C=O) groups excluding carboxylic acids is 2. The number of hydrogen-bond donors (Lipinski definition) is 3. The number of carbonyl (C=O) groups is 2. The van der Waals surface area contributed by atoms with Crippen LogP contribution in [-0.2, 0) is 9.59 Å². The first kappa shape index (κ1) is 16.0. The van der Waals surface area contributed by atoms with Gasteiger partial charge in [-0.3, -0.25) is 9.59 Å². The average Bonchev–Trinajstić information content (AvgIpc) is 2.45.